The van der Waals surface area contributed by atoms with E-state index >= 15 is 0 Å². The van der Waals surface area contributed by atoms with Crippen LogP contribution in [0.1, 0.15) is 5.56 Å². The van der Waals surface area contributed by atoms with Gasteiger partial charge in [-0.25, -0.2) is 0 Å². The van der Waals surface area contributed by atoms with E-state index in [2.05, 4.69) is 15.5 Å². The summed E-state index contributed by atoms with van der Waals surface area (Å²) in [7, 11) is -1.28. The molecular weight excluding hydrogens is 382 g/mol. The molecule has 0 radical (unpaired) electrons. The molecule has 0 amide bonds. The molecule has 28 heavy (non-hydrogen) atoms. The third-order valence-electron chi connectivity index (χ3n) is 4.13. The summed E-state index contributed by atoms with van der Waals surface area (Å²) in [5.41, 5.74) is 0.936. The normalized spacial score (nSPS) is 12.0. The monoisotopic (exact) mass is 401 g/mol. The molecule has 0 fully saturated rings. The molecule has 0 spiro atoms. The molecular formula is C19H19N3O5S. The van der Waals surface area contributed by atoms with E-state index in [4.69, 9.17) is 4.74 Å². The first-order chi connectivity index (χ1) is 13.3. The number of nitrogens with one attached hydrogen (secondary N) is 1. The molecule has 0 unspecified atom stereocenters. The largest absolute Gasteiger partial charge is 0.505 e. The van der Waals surface area contributed by atoms with E-state index in [0.29, 0.717) is 28.8 Å². The van der Waals surface area contributed by atoms with Gasteiger partial charge in [-0.3, -0.25) is 4.55 Å². The summed E-state index contributed by atoms with van der Waals surface area (Å²) in [5.74, 6) is 0.291. The zero-order chi connectivity index (χ0) is 20.3. The lowest BCUT2D eigenvalue weighted by Crippen LogP contribution is -2.06. The number of azo groups is 1. The molecule has 0 atom stereocenters. The minimum absolute atomic E-state index is 0.327. The molecule has 9 heteroatoms. The van der Waals surface area contributed by atoms with Crippen molar-refractivity contribution in [3.05, 3.63) is 54.1 Å². The number of phenols is 1. The van der Waals surface area contributed by atoms with Crippen molar-refractivity contribution in [1.29, 1.82) is 0 Å². The number of ether oxygens (including phenoxy) is 1. The van der Waals surface area contributed by atoms with Gasteiger partial charge in [-0.2, -0.15) is 13.5 Å². The number of nitrogens with zero attached hydrogens (tertiary/aromatic N) is 2. The van der Waals surface area contributed by atoms with Crippen LogP contribution in [0.15, 0.2) is 63.7 Å². The van der Waals surface area contributed by atoms with Crippen LogP contribution in [-0.2, 0) is 16.7 Å². The minimum atomic E-state index is -4.62. The molecule has 3 aromatic rings. The highest BCUT2D eigenvalue weighted by Gasteiger charge is 2.21. The molecule has 0 bridgehead atoms. The summed E-state index contributed by atoms with van der Waals surface area (Å²) >= 11 is 0. The van der Waals surface area contributed by atoms with Crippen molar-refractivity contribution in [3.8, 4) is 11.5 Å². The van der Waals surface area contributed by atoms with Gasteiger partial charge >= 0.3 is 0 Å². The zero-order valence-electron chi connectivity index (χ0n) is 15.2. The van der Waals surface area contributed by atoms with Gasteiger partial charge in [0, 0.05) is 17.5 Å². The van der Waals surface area contributed by atoms with Crippen LogP contribution in [0, 0.1) is 0 Å². The molecule has 146 valence electrons. The maximum Gasteiger partial charge on any atom is 0.296 e. The Bertz CT molecular complexity index is 1160. The van der Waals surface area contributed by atoms with E-state index in [1.54, 1.807) is 56.6 Å². The van der Waals surface area contributed by atoms with E-state index < -0.39 is 15.0 Å². The highest BCUT2D eigenvalue weighted by atomic mass is 32.2. The number of hydrogen-bond donors (Lipinski definition) is 3. The molecule has 0 saturated heterocycles. The maximum atomic E-state index is 11.8. The minimum Gasteiger partial charge on any atom is -0.505 e. The van der Waals surface area contributed by atoms with Gasteiger partial charge in [0.2, 0.25) is 0 Å². The fraction of sp³-hybridized carbons (Fsp3) is 0.158. The molecule has 3 aromatic carbocycles. The Balaban J connectivity index is 2.14. The lowest BCUT2D eigenvalue weighted by Gasteiger charge is -2.09. The number of rotatable bonds is 6. The van der Waals surface area contributed by atoms with Crippen LogP contribution < -0.4 is 10.1 Å². The maximum absolute atomic E-state index is 11.8. The van der Waals surface area contributed by atoms with Crippen LogP contribution in [0.5, 0.6) is 11.5 Å². The number of methoxy groups -OCH3 is 1. The Morgan fingerprint density at radius 2 is 1.86 bits per heavy atom. The second kappa shape index (κ2) is 7.93. The van der Waals surface area contributed by atoms with Gasteiger partial charge in [-0.15, -0.1) is 5.11 Å². The van der Waals surface area contributed by atoms with Crippen molar-refractivity contribution in [1.82, 2.24) is 5.32 Å². The first kappa shape index (κ1) is 19.7. The molecule has 0 aliphatic carbocycles. The summed E-state index contributed by atoms with van der Waals surface area (Å²) in [6, 6.07) is 13.0. The molecule has 3 N–H and O–H groups in total. The van der Waals surface area contributed by atoms with Crippen LogP contribution in [0.3, 0.4) is 0 Å². The highest BCUT2D eigenvalue weighted by molar-refractivity contribution is 7.86. The predicted molar refractivity (Wildman–Crippen MR) is 105 cm³/mol. The number of benzene rings is 3. The highest BCUT2D eigenvalue weighted by Crippen LogP contribution is 2.41. The summed E-state index contributed by atoms with van der Waals surface area (Å²) < 4.78 is 38.5. The van der Waals surface area contributed by atoms with Gasteiger partial charge in [-0.05, 0) is 36.7 Å². The van der Waals surface area contributed by atoms with Crippen molar-refractivity contribution in [3.63, 3.8) is 0 Å². The van der Waals surface area contributed by atoms with Crippen molar-refractivity contribution < 1.29 is 22.8 Å². The second-order valence-electron chi connectivity index (χ2n) is 5.99. The third kappa shape index (κ3) is 3.96. The Labute approximate surface area is 162 Å². The van der Waals surface area contributed by atoms with Gasteiger partial charge in [0.1, 0.15) is 16.3 Å². The molecule has 0 heterocycles. The lowest BCUT2D eigenvalue weighted by atomic mass is 10.1. The van der Waals surface area contributed by atoms with E-state index in [1.807, 2.05) is 0 Å². The fourth-order valence-corrected chi connectivity index (χ4v) is 3.51. The summed E-state index contributed by atoms with van der Waals surface area (Å²) in [5, 5.41) is 22.4. The molecule has 3 rings (SSSR count). The second-order valence-corrected chi connectivity index (χ2v) is 7.38. The van der Waals surface area contributed by atoms with Crippen LogP contribution >= 0.6 is 0 Å². The summed E-state index contributed by atoms with van der Waals surface area (Å²) in [4.78, 5) is -0.517. The van der Waals surface area contributed by atoms with Crippen LogP contribution in [0.2, 0.25) is 0 Å². The van der Waals surface area contributed by atoms with E-state index in [9.17, 15) is 18.1 Å². The SMILES string of the molecule is CNCc1cc(N=Nc2c(S(=O)(=O)O)cc3ccccc3c2O)ccc1OC. The Hall–Kier alpha value is -3.01. The summed E-state index contributed by atoms with van der Waals surface area (Å²) in [6.07, 6.45) is 0. The average Bonchev–Trinajstić information content (AvgIpc) is 2.67. The average molecular weight is 401 g/mol. The Kier molecular flexibility index (Phi) is 5.59. The van der Waals surface area contributed by atoms with Crippen molar-refractivity contribution in [2.45, 2.75) is 11.4 Å². The predicted octanol–water partition coefficient (Wildman–Crippen LogP) is 3.94. The number of hydrogen-bond acceptors (Lipinski definition) is 7. The molecule has 0 aromatic heterocycles. The van der Waals surface area contributed by atoms with Gasteiger partial charge in [0.15, 0.2) is 5.75 Å². The third-order valence-corrected chi connectivity index (χ3v) is 5.00. The molecule has 0 saturated carbocycles. The van der Waals surface area contributed by atoms with Crippen molar-refractivity contribution in [2.24, 2.45) is 10.2 Å². The molecule has 8 nitrogen and oxygen atoms in total. The quantitative estimate of drug-likeness (QED) is 0.425. The van der Waals surface area contributed by atoms with E-state index in [0.717, 1.165) is 5.56 Å². The Morgan fingerprint density at radius 3 is 2.54 bits per heavy atom. The van der Waals surface area contributed by atoms with Crippen LogP contribution in [0.25, 0.3) is 10.8 Å². The van der Waals surface area contributed by atoms with Crippen molar-refractivity contribution >= 4 is 32.3 Å². The standard InChI is InChI=1S/C19H19N3O5S/c1-20-11-13-9-14(7-8-16(13)27-2)21-22-18-17(28(24,25)26)10-12-5-3-4-6-15(12)19(18)23/h3-10,20,23H,11H2,1-2H3,(H,24,25,26). The molecule has 0 aliphatic rings. The van der Waals surface area contributed by atoms with Gasteiger partial charge in [0.05, 0.1) is 12.8 Å². The topological polar surface area (TPSA) is 121 Å². The van der Waals surface area contributed by atoms with E-state index in [-0.39, 0.29) is 11.4 Å². The van der Waals surface area contributed by atoms with Gasteiger partial charge < -0.3 is 15.2 Å². The number of aromatic hydroxyl groups is 1. The first-order valence-electron chi connectivity index (χ1n) is 8.30. The van der Waals surface area contributed by atoms with Crippen LogP contribution in [-0.4, -0.2) is 32.2 Å². The van der Waals surface area contributed by atoms with E-state index in [1.165, 1.54) is 6.07 Å². The number of phenolic OH excluding ortho intramolecular Hbond substituents is 1. The smallest absolute Gasteiger partial charge is 0.296 e. The van der Waals surface area contributed by atoms with Crippen LogP contribution in [0.4, 0.5) is 11.4 Å². The van der Waals surface area contributed by atoms with Gasteiger partial charge in [0.25, 0.3) is 10.1 Å². The van der Waals surface area contributed by atoms with Crippen molar-refractivity contribution in [2.75, 3.05) is 14.2 Å². The Morgan fingerprint density at radius 1 is 1.11 bits per heavy atom. The number of fused-ring (bicyclic) bond motifs is 1. The zero-order valence-corrected chi connectivity index (χ0v) is 16.1. The lowest BCUT2D eigenvalue weighted by molar-refractivity contribution is 0.408. The molecule has 0 aliphatic heterocycles. The fourth-order valence-electron chi connectivity index (χ4n) is 2.85. The van der Waals surface area contributed by atoms with Gasteiger partial charge in [-0.1, -0.05) is 24.3 Å². The first-order valence-corrected chi connectivity index (χ1v) is 9.74. The summed E-state index contributed by atoms with van der Waals surface area (Å²) in [6.45, 7) is 0.532.